The van der Waals surface area contributed by atoms with Crippen LogP contribution < -0.4 is 10.1 Å². The third-order valence-electron chi connectivity index (χ3n) is 4.21. The molecule has 6 heteroatoms. The highest BCUT2D eigenvalue weighted by Gasteiger charge is 2.22. The van der Waals surface area contributed by atoms with Crippen molar-refractivity contribution in [3.05, 3.63) is 52.0 Å². The molecule has 4 nitrogen and oxygen atoms in total. The summed E-state index contributed by atoms with van der Waals surface area (Å²) < 4.78 is 18.6. The van der Waals surface area contributed by atoms with Crippen molar-refractivity contribution >= 4 is 17.2 Å². The van der Waals surface area contributed by atoms with E-state index in [0.717, 1.165) is 32.5 Å². The molecule has 1 fully saturated rings. The Balaban J connectivity index is 1.58. The number of carbonyl (C=O) groups is 1. The van der Waals surface area contributed by atoms with Gasteiger partial charge < -0.3 is 10.1 Å². The number of hydrogen-bond acceptors (Lipinski definition) is 4. The Morgan fingerprint density at radius 3 is 3.04 bits per heavy atom. The number of likely N-dealkylation sites (tertiary alicyclic amines) is 1. The van der Waals surface area contributed by atoms with E-state index in [1.807, 2.05) is 0 Å². The number of nitrogens with zero attached hydrogens (tertiary/aromatic N) is 1. The Labute approximate surface area is 145 Å². The second-order valence-electron chi connectivity index (χ2n) is 5.98. The van der Waals surface area contributed by atoms with Crippen LogP contribution in [0.2, 0.25) is 0 Å². The van der Waals surface area contributed by atoms with E-state index in [0.29, 0.717) is 5.56 Å². The molecule has 0 saturated carbocycles. The number of carbonyl (C=O) groups excluding carboxylic acids is 1. The maximum absolute atomic E-state index is 13.8. The molecular formula is C18H21FN2O2S. The van der Waals surface area contributed by atoms with Crippen molar-refractivity contribution in [2.24, 2.45) is 0 Å². The lowest BCUT2D eigenvalue weighted by atomic mass is 10.0. The lowest BCUT2D eigenvalue weighted by Gasteiger charge is -2.32. The summed E-state index contributed by atoms with van der Waals surface area (Å²) in [6.45, 7) is 2.78. The lowest BCUT2D eigenvalue weighted by molar-refractivity contribution is 0.0900. The van der Waals surface area contributed by atoms with Gasteiger partial charge in [0.2, 0.25) is 0 Å². The predicted molar refractivity (Wildman–Crippen MR) is 93.0 cm³/mol. The van der Waals surface area contributed by atoms with Gasteiger partial charge in [0.1, 0.15) is 0 Å². The molecule has 1 saturated heterocycles. The number of thiophene rings is 1. The molecule has 1 N–H and O–H groups in total. The van der Waals surface area contributed by atoms with E-state index in [4.69, 9.17) is 4.74 Å². The van der Waals surface area contributed by atoms with Crippen LogP contribution in [0.3, 0.4) is 0 Å². The SMILES string of the molecule is COc1ccc(C(=O)NC2CCCN(Cc3cccs3)C2)cc1F. The zero-order valence-corrected chi connectivity index (χ0v) is 14.4. The van der Waals surface area contributed by atoms with Gasteiger partial charge in [-0.25, -0.2) is 4.39 Å². The first kappa shape index (κ1) is 16.9. The number of methoxy groups -OCH3 is 1. The van der Waals surface area contributed by atoms with Gasteiger partial charge >= 0.3 is 0 Å². The molecule has 3 rings (SSSR count). The van der Waals surface area contributed by atoms with E-state index in [1.54, 1.807) is 17.4 Å². The van der Waals surface area contributed by atoms with Crippen molar-refractivity contribution < 1.29 is 13.9 Å². The van der Waals surface area contributed by atoms with Gasteiger partial charge in [0.05, 0.1) is 7.11 Å². The second kappa shape index (κ2) is 7.77. The summed E-state index contributed by atoms with van der Waals surface area (Å²) >= 11 is 1.75. The van der Waals surface area contributed by atoms with Crippen LogP contribution in [0.1, 0.15) is 28.1 Å². The molecule has 1 amide bonds. The van der Waals surface area contributed by atoms with Crippen molar-refractivity contribution in [3.8, 4) is 5.75 Å². The molecule has 0 aliphatic carbocycles. The lowest BCUT2D eigenvalue weighted by Crippen LogP contribution is -2.47. The van der Waals surface area contributed by atoms with Crippen LogP contribution in [0.25, 0.3) is 0 Å². The van der Waals surface area contributed by atoms with E-state index in [2.05, 4.69) is 27.7 Å². The van der Waals surface area contributed by atoms with Crippen molar-refractivity contribution in [1.29, 1.82) is 0 Å². The van der Waals surface area contributed by atoms with E-state index >= 15 is 0 Å². The molecule has 1 aliphatic heterocycles. The number of rotatable bonds is 5. The van der Waals surface area contributed by atoms with Crippen LogP contribution in [0.5, 0.6) is 5.75 Å². The number of amides is 1. The maximum Gasteiger partial charge on any atom is 0.251 e. The van der Waals surface area contributed by atoms with Gasteiger partial charge in [-0.2, -0.15) is 0 Å². The molecular weight excluding hydrogens is 327 g/mol. The third kappa shape index (κ3) is 4.13. The maximum atomic E-state index is 13.8. The monoisotopic (exact) mass is 348 g/mol. The van der Waals surface area contributed by atoms with E-state index in [1.165, 1.54) is 24.1 Å². The first-order valence-electron chi connectivity index (χ1n) is 8.05. The number of ether oxygens (including phenoxy) is 1. The average molecular weight is 348 g/mol. The third-order valence-corrected chi connectivity index (χ3v) is 5.08. The molecule has 1 unspecified atom stereocenters. The zero-order chi connectivity index (χ0) is 16.9. The second-order valence-corrected chi connectivity index (χ2v) is 7.01. The summed E-state index contributed by atoms with van der Waals surface area (Å²) in [6.07, 6.45) is 2.00. The van der Waals surface area contributed by atoms with Crippen molar-refractivity contribution in [1.82, 2.24) is 10.2 Å². The Morgan fingerprint density at radius 1 is 1.46 bits per heavy atom. The van der Waals surface area contributed by atoms with Gasteiger partial charge in [-0.15, -0.1) is 11.3 Å². The number of halogens is 1. The van der Waals surface area contributed by atoms with Crippen molar-refractivity contribution in [2.45, 2.75) is 25.4 Å². The summed E-state index contributed by atoms with van der Waals surface area (Å²) in [5, 5.41) is 5.10. The van der Waals surface area contributed by atoms with Crippen LogP contribution in [0.15, 0.2) is 35.7 Å². The van der Waals surface area contributed by atoms with Gasteiger partial charge in [0, 0.05) is 29.6 Å². The molecule has 0 spiro atoms. The molecule has 2 aromatic rings. The summed E-state index contributed by atoms with van der Waals surface area (Å²) in [4.78, 5) is 16.0. The van der Waals surface area contributed by atoms with Gasteiger partial charge in [-0.1, -0.05) is 6.07 Å². The Bertz CT molecular complexity index is 690. The normalized spacial score (nSPS) is 18.3. The Kier molecular flexibility index (Phi) is 5.48. The minimum atomic E-state index is -0.520. The number of hydrogen-bond donors (Lipinski definition) is 1. The molecule has 1 aliphatic rings. The zero-order valence-electron chi connectivity index (χ0n) is 13.6. The van der Waals surface area contributed by atoms with Crippen LogP contribution in [0, 0.1) is 5.82 Å². The Morgan fingerprint density at radius 2 is 2.33 bits per heavy atom. The van der Waals surface area contributed by atoms with Gasteiger partial charge in [-0.05, 0) is 49.0 Å². The van der Waals surface area contributed by atoms with Crippen LogP contribution in [0.4, 0.5) is 4.39 Å². The van der Waals surface area contributed by atoms with Gasteiger partial charge in [0.15, 0.2) is 11.6 Å². The van der Waals surface area contributed by atoms with Gasteiger partial charge in [0.25, 0.3) is 5.91 Å². The smallest absolute Gasteiger partial charge is 0.251 e. The first-order chi connectivity index (χ1) is 11.7. The van der Waals surface area contributed by atoms with E-state index in [9.17, 15) is 9.18 Å². The molecule has 0 radical (unpaired) electrons. The van der Waals surface area contributed by atoms with Crippen molar-refractivity contribution in [3.63, 3.8) is 0 Å². The Hall–Kier alpha value is -1.92. The highest BCUT2D eigenvalue weighted by atomic mass is 32.1. The fourth-order valence-corrected chi connectivity index (χ4v) is 3.76. The highest BCUT2D eigenvalue weighted by Crippen LogP contribution is 2.19. The molecule has 1 aromatic heterocycles. The fourth-order valence-electron chi connectivity index (χ4n) is 3.02. The number of benzene rings is 1. The van der Waals surface area contributed by atoms with Crippen LogP contribution in [-0.2, 0) is 6.54 Å². The summed E-state index contributed by atoms with van der Waals surface area (Å²) in [5.74, 6) is -0.612. The largest absolute Gasteiger partial charge is 0.494 e. The van der Waals surface area contributed by atoms with Crippen molar-refractivity contribution in [2.75, 3.05) is 20.2 Å². The number of piperidine rings is 1. The summed E-state index contributed by atoms with van der Waals surface area (Å²) in [7, 11) is 1.41. The molecule has 1 atom stereocenters. The first-order valence-corrected chi connectivity index (χ1v) is 8.93. The highest BCUT2D eigenvalue weighted by molar-refractivity contribution is 7.09. The minimum Gasteiger partial charge on any atom is -0.494 e. The summed E-state index contributed by atoms with van der Waals surface area (Å²) in [6, 6.07) is 8.57. The topological polar surface area (TPSA) is 41.6 Å². The van der Waals surface area contributed by atoms with E-state index < -0.39 is 5.82 Å². The van der Waals surface area contributed by atoms with Crippen LogP contribution >= 0.6 is 11.3 Å². The van der Waals surface area contributed by atoms with Crippen LogP contribution in [-0.4, -0.2) is 37.0 Å². The van der Waals surface area contributed by atoms with Gasteiger partial charge in [-0.3, -0.25) is 9.69 Å². The predicted octanol–water partition coefficient (Wildman–Crippen LogP) is 3.29. The minimum absolute atomic E-state index is 0.0939. The fraction of sp³-hybridized carbons (Fsp3) is 0.389. The molecule has 0 bridgehead atoms. The van der Waals surface area contributed by atoms with E-state index in [-0.39, 0.29) is 17.7 Å². The molecule has 1 aromatic carbocycles. The number of nitrogens with one attached hydrogen (secondary N) is 1. The molecule has 24 heavy (non-hydrogen) atoms. The standard InChI is InChI=1S/C18H21FN2O2S/c1-23-17-7-6-13(10-16(17)19)18(22)20-14-4-2-8-21(11-14)12-15-5-3-9-24-15/h3,5-7,9-10,14H,2,4,8,11-12H2,1H3,(H,20,22). The molecule has 2 heterocycles. The molecule has 128 valence electrons. The summed E-state index contributed by atoms with van der Waals surface area (Å²) in [5.41, 5.74) is 0.323. The average Bonchev–Trinajstić information content (AvgIpc) is 3.08. The quantitative estimate of drug-likeness (QED) is 0.901.